The van der Waals surface area contributed by atoms with Gasteiger partial charge >= 0.3 is 5.97 Å². The number of carbonyl (C=O) groups excluding carboxylic acids is 1. The first-order valence-corrected chi connectivity index (χ1v) is 14.4. The maximum Gasteiger partial charge on any atom is 0.309 e. The number of aryl methyl sites for hydroxylation is 1. The maximum atomic E-state index is 14.9. The van der Waals surface area contributed by atoms with Crippen molar-refractivity contribution in [2.75, 3.05) is 19.7 Å². The van der Waals surface area contributed by atoms with Gasteiger partial charge in [-0.2, -0.15) is 5.10 Å². The largest absolute Gasteiger partial charge is 0.489 e. The van der Waals surface area contributed by atoms with E-state index in [1.165, 1.54) is 0 Å². The fraction of sp³-hybridized carbons (Fsp3) is 0.467. The van der Waals surface area contributed by atoms with Gasteiger partial charge in [0.2, 0.25) is 0 Å². The van der Waals surface area contributed by atoms with Gasteiger partial charge in [0.1, 0.15) is 12.4 Å². The lowest BCUT2D eigenvalue weighted by molar-refractivity contribution is -0.151. The molecule has 2 heterocycles. The molecule has 2 atom stereocenters. The number of hydrogen-bond acceptors (Lipinski definition) is 5. The minimum atomic E-state index is -1.18. The van der Waals surface area contributed by atoms with Crippen LogP contribution in [0.25, 0.3) is 15.9 Å². The number of aromatic nitrogens is 2. The number of hydrogen-bond donors (Lipinski definition) is 0. The Morgan fingerprint density at radius 2 is 2.00 bits per heavy atom. The van der Waals surface area contributed by atoms with Crippen LogP contribution in [0, 0.1) is 5.92 Å². The fourth-order valence-electron chi connectivity index (χ4n) is 5.48. The number of alkyl halides is 1. The van der Waals surface area contributed by atoms with Gasteiger partial charge < -0.3 is 9.47 Å². The number of rotatable bonds is 8. The second-order valence-corrected chi connectivity index (χ2v) is 11.3. The van der Waals surface area contributed by atoms with Crippen molar-refractivity contribution in [1.82, 2.24) is 14.7 Å². The van der Waals surface area contributed by atoms with Crippen LogP contribution in [0.2, 0.25) is 5.15 Å². The Morgan fingerprint density at radius 3 is 2.74 bits per heavy atom. The number of nitrogens with zero attached hydrogens (tertiary/aromatic N) is 3. The molecule has 1 aliphatic heterocycles. The van der Waals surface area contributed by atoms with Crippen LogP contribution in [-0.4, -0.2) is 46.6 Å². The molecule has 1 saturated heterocycles. The lowest BCUT2D eigenvalue weighted by Crippen LogP contribution is -2.43. The average molecular weight is 575 g/mol. The smallest absolute Gasteiger partial charge is 0.309 e. The molecule has 0 radical (unpaired) electrons. The Hall–Kier alpha value is -2.61. The molecule has 5 rings (SSSR count). The zero-order valence-corrected chi connectivity index (χ0v) is 24.1. The minimum absolute atomic E-state index is 0.167. The van der Waals surface area contributed by atoms with E-state index in [1.54, 1.807) is 11.8 Å². The number of carbonyl (C=O) groups is 1. The normalized spacial score (nSPS) is 20.0. The van der Waals surface area contributed by atoms with Crippen molar-refractivity contribution in [3.05, 3.63) is 63.8 Å². The Morgan fingerprint density at radius 1 is 1.18 bits per heavy atom. The highest BCUT2D eigenvalue weighted by atomic mass is 35.5. The van der Waals surface area contributed by atoms with Gasteiger partial charge in [0, 0.05) is 36.0 Å². The van der Waals surface area contributed by atoms with E-state index in [1.807, 2.05) is 41.1 Å². The first-order chi connectivity index (χ1) is 18.7. The topological polar surface area (TPSA) is 56.6 Å². The molecule has 0 spiro atoms. The zero-order chi connectivity index (χ0) is 27.7. The zero-order valence-electron chi connectivity index (χ0n) is 22.6. The fourth-order valence-corrected chi connectivity index (χ4v) is 6.05. The lowest BCUT2D eigenvalue weighted by atomic mass is 9.90. The number of halogens is 3. The molecule has 2 unspecified atom stereocenters. The standard InChI is InChI=1S/C30H34Cl2FN3O3/c1-4-38-30(37)21-11-12-35(27(33)15-21)16-22-7-6-20-14-23(8-9-24(20)28(22)31)39-17-19-5-10-26-25(13-19)29(32)34-36(26)18(2)3/h5,8-10,13-14,18,21,27H,4,6-7,11-12,15-17H2,1-3H3. The van der Waals surface area contributed by atoms with Crippen LogP contribution in [0.15, 0.2) is 42.0 Å². The van der Waals surface area contributed by atoms with Gasteiger partial charge in [-0.1, -0.05) is 29.3 Å². The van der Waals surface area contributed by atoms with E-state index in [4.69, 9.17) is 32.7 Å². The predicted molar refractivity (Wildman–Crippen MR) is 153 cm³/mol. The van der Waals surface area contributed by atoms with E-state index >= 15 is 0 Å². The number of piperidine rings is 1. The van der Waals surface area contributed by atoms with Gasteiger partial charge in [0.15, 0.2) is 11.4 Å². The molecule has 6 nitrogen and oxygen atoms in total. The summed E-state index contributed by atoms with van der Waals surface area (Å²) in [5, 5.41) is 6.55. The highest BCUT2D eigenvalue weighted by Crippen LogP contribution is 2.38. The highest BCUT2D eigenvalue weighted by molar-refractivity contribution is 6.49. The van der Waals surface area contributed by atoms with Gasteiger partial charge in [-0.25, -0.2) is 4.39 Å². The molecule has 2 aliphatic rings. The van der Waals surface area contributed by atoms with E-state index in [-0.39, 0.29) is 24.3 Å². The van der Waals surface area contributed by atoms with Crippen molar-refractivity contribution in [1.29, 1.82) is 0 Å². The summed E-state index contributed by atoms with van der Waals surface area (Å²) in [5.74, 6) is 0.103. The molecule has 1 fully saturated rings. The maximum absolute atomic E-state index is 14.9. The molecule has 2 aromatic carbocycles. The van der Waals surface area contributed by atoms with Gasteiger partial charge in [-0.15, -0.1) is 0 Å². The number of benzene rings is 2. The molecule has 39 heavy (non-hydrogen) atoms. The van der Waals surface area contributed by atoms with Crippen molar-refractivity contribution in [3.63, 3.8) is 0 Å². The van der Waals surface area contributed by atoms with Gasteiger partial charge in [0.25, 0.3) is 0 Å². The average Bonchev–Trinajstić information content (AvgIpc) is 3.26. The van der Waals surface area contributed by atoms with Crippen LogP contribution in [0.3, 0.4) is 0 Å². The Balaban J connectivity index is 1.23. The second-order valence-electron chi connectivity index (χ2n) is 10.6. The molecule has 1 aromatic heterocycles. The second kappa shape index (κ2) is 11.9. The van der Waals surface area contributed by atoms with Crippen LogP contribution in [-0.2, 0) is 22.6 Å². The molecule has 3 aromatic rings. The van der Waals surface area contributed by atoms with E-state index in [0.717, 1.165) is 51.8 Å². The minimum Gasteiger partial charge on any atom is -0.489 e. The first-order valence-electron chi connectivity index (χ1n) is 13.6. The Bertz CT molecular complexity index is 1400. The quantitative estimate of drug-likeness (QED) is 0.209. The summed E-state index contributed by atoms with van der Waals surface area (Å²) in [4.78, 5) is 13.8. The summed E-state index contributed by atoms with van der Waals surface area (Å²) in [6, 6.07) is 12.3. The van der Waals surface area contributed by atoms with Crippen molar-refractivity contribution in [3.8, 4) is 5.75 Å². The monoisotopic (exact) mass is 573 g/mol. The first kappa shape index (κ1) is 27.9. The molecule has 0 N–H and O–H groups in total. The molecular formula is C30H34Cl2FN3O3. The molecule has 1 aliphatic carbocycles. The van der Waals surface area contributed by atoms with Crippen LogP contribution in [0.1, 0.15) is 62.8 Å². The Labute approximate surface area is 238 Å². The van der Waals surface area contributed by atoms with Crippen LogP contribution in [0.4, 0.5) is 4.39 Å². The van der Waals surface area contributed by atoms with Crippen LogP contribution < -0.4 is 4.74 Å². The third-order valence-corrected chi connectivity index (χ3v) is 8.34. The predicted octanol–water partition coefficient (Wildman–Crippen LogP) is 7.32. The highest BCUT2D eigenvalue weighted by Gasteiger charge is 2.34. The van der Waals surface area contributed by atoms with Gasteiger partial charge in [-0.3, -0.25) is 14.4 Å². The summed E-state index contributed by atoms with van der Waals surface area (Å²) < 4.78 is 28.1. The van der Waals surface area contributed by atoms with E-state index in [0.29, 0.717) is 42.9 Å². The summed E-state index contributed by atoms with van der Waals surface area (Å²) in [7, 11) is 0. The SMILES string of the molecule is CCOC(=O)C1CCN(CC2=C(Cl)c3ccc(OCc4ccc5c(c4)c(Cl)nn5C(C)C)cc3CC2)C(F)C1. The number of ether oxygens (including phenoxy) is 2. The molecule has 0 bridgehead atoms. The van der Waals surface area contributed by atoms with Crippen LogP contribution >= 0.6 is 23.2 Å². The van der Waals surface area contributed by atoms with Gasteiger partial charge in [-0.05, 0) is 92.6 Å². The van der Waals surface area contributed by atoms with Crippen molar-refractivity contribution in [2.24, 2.45) is 5.92 Å². The third kappa shape index (κ3) is 5.96. The molecule has 0 amide bonds. The van der Waals surface area contributed by atoms with Crippen molar-refractivity contribution in [2.45, 2.75) is 65.4 Å². The van der Waals surface area contributed by atoms with Crippen molar-refractivity contribution >= 4 is 45.1 Å². The molecular weight excluding hydrogens is 540 g/mol. The van der Waals surface area contributed by atoms with Gasteiger partial charge in [0.05, 0.1) is 18.0 Å². The van der Waals surface area contributed by atoms with E-state index < -0.39 is 6.30 Å². The number of likely N-dealkylation sites (tertiary alicyclic amines) is 1. The summed E-state index contributed by atoms with van der Waals surface area (Å²) in [6.07, 6.45) is 1.15. The summed E-state index contributed by atoms with van der Waals surface area (Å²) in [6.45, 7) is 7.62. The van der Waals surface area contributed by atoms with Crippen molar-refractivity contribution < 1.29 is 18.7 Å². The van der Waals surface area contributed by atoms with E-state index in [2.05, 4.69) is 18.9 Å². The molecule has 9 heteroatoms. The number of esters is 1. The third-order valence-electron chi connectivity index (χ3n) is 7.59. The molecule has 0 saturated carbocycles. The number of fused-ring (bicyclic) bond motifs is 2. The summed E-state index contributed by atoms with van der Waals surface area (Å²) >= 11 is 13.2. The lowest BCUT2D eigenvalue weighted by Gasteiger charge is -2.35. The van der Waals surface area contributed by atoms with E-state index in [9.17, 15) is 9.18 Å². The molecule has 208 valence electrons. The summed E-state index contributed by atoms with van der Waals surface area (Å²) in [5.41, 5.74) is 5.14. The Kier molecular flexibility index (Phi) is 8.50. The van der Waals surface area contributed by atoms with Crippen LogP contribution in [0.5, 0.6) is 5.75 Å².